The Kier molecular flexibility index (Phi) is 5.79. The molecular formula is C22H22ClN3O4S. The Bertz CT molecular complexity index is 1260. The first-order chi connectivity index (χ1) is 14.8. The lowest BCUT2D eigenvalue weighted by molar-refractivity contribution is 0.340. The summed E-state index contributed by atoms with van der Waals surface area (Å²) in [4.78, 5) is 4.47. The van der Waals surface area contributed by atoms with Gasteiger partial charge in [-0.05, 0) is 67.1 Å². The van der Waals surface area contributed by atoms with Crippen molar-refractivity contribution in [1.29, 1.82) is 0 Å². The number of fused-ring (bicyclic) bond motifs is 1. The molecule has 0 radical (unpaired) electrons. The van der Waals surface area contributed by atoms with Gasteiger partial charge in [0, 0.05) is 10.9 Å². The molecule has 0 amide bonds. The average molecular weight is 460 g/mol. The van der Waals surface area contributed by atoms with Crippen LogP contribution in [0.15, 0.2) is 54.6 Å². The van der Waals surface area contributed by atoms with Gasteiger partial charge in [-0.2, -0.15) is 0 Å². The second-order valence-corrected chi connectivity index (χ2v) is 9.30. The molecule has 0 unspecified atom stereocenters. The van der Waals surface area contributed by atoms with Crippen molar-refractivity contribution in [2.45, 2.75) is 13.0 Å². The number of hydrogen-bond donors (Lipinski definition) is 1. The zero-order valence-corrected chi connectivity index (χ0v) is 18.9. The number of aromatic nitrogens is 1. The van der Waals surface area contributed by atoms with Crippen molar-refractivity contribution in [2.24, 2.45) is 0 Å². The van der Waals surface area contributed by atoms with Crippen LogP contribution in [0, 0.1) is 0 Å². The summed E-state index contributed by atoms with van der Waals surface area (Å²) in [6.07, 6.45) is 2.97. The van der Waals surface area contributed by atoms with Gasteiger partial charge in [0.05, 0.1) is 37.2 Å². The minimum Gasteiger partial charge on any atom is -0.497 e. The van der Waals surface area contributed by atoms with Gasteiger partial charge < -0.3 is 14.9 Å². The largest absolute Gasteiger partial charge is 0.497 e. The lowest BCUT2D eigenvalue weighted by Crippen LogP contribution is -2.38. The highest BCUT2D eigenvalue weighted by Crippen LogP contribution is 2.37. The smallest absolute Gasteiger partial charge is 0.228 e. The fourth-order valence-corrected chi connectivity index (χ4v) is 4.61. The number of rotatable bonds is 6. The summed E-state index contributed by atoms with van der Waals surface area (Å²) in [5.41, 5.74) is 5.74. The number of nitrogens with one attached hydrogen (secondary N) is 1. The van der Waals surface area contributed by atoms with Gasteiger partial charge in [0.15, 0.2) is 0 Å². The highest BCUT2D eigenvalue weighted by atomic mass is 35.5. The van der Waals surface area contributed by atoms with Crippen LogP contribution in [0.3, 0.4) is 0 Å². The highest BCUT2D eigenvalue weighted by molar-refractivity contribution is 7.88. The van der Waals surface area contributed by atoms with E-state index < -0.39 is 16.1 Å². The van der Waals surface area contributed by atoms with E-state index in [1.807, 2.05) is 61.5 Å². The third-order valence-electron chi connectivity index (χ3n) is 4.96. The number of methoxy groups -OCH3 is 1. The number of hydrazine groups is 1. The third-order valence-corrected chi connectivity index (χ3v) is 6.30. The van der Waals surface area contributed by atoms with E-state index in [1.54, 1.807) is 7.11 Å². The van der Waals surface area contributed by atoms with Crippen LogP contribution in [0.5, 0.6) is 11.5 Å². The number of ether oxygens (including phenoxy) is 2. The molecule has 2 aromatic carbocycles. The highest BCUT2D eigenvalue weighted by Gasteiger charge is 2.35. The molecule has 7 nitrogen and oxygen atoms in total. The summed E-state index contributed by atoms with van der Waals surface area (Å²) >= 11 is 6.50. The number of nitrogens with zero attached hydrogens (tertiary/aromatic N) is 2. The molecule has 162 valence electrons. The first-order valence-corrected chi connectivity index (χ1v) is 11.9. The summed E-state index contributed by atoms with van der Waals surface area (Å²) < 4.78 is 37.0. The summed E-state index contributed by atoms with van der Waals surface area (Å²) in [6.45, 7) is 2.46. The summed E-state index contributed by atoms with van der Waals surface area (Å²) in [5, 5.41) is 1.05. The monoisotopic (exact) mass is 459 g/mol. The maximum absolute atomic E-state index is 12.5. The standard InChI is InChI=1S/C22H22ClN3O4S/c1-4-30-17-9-10-19-15(11-17)12-18(22(23)24-19)21-13-20(25-26(21)31(3,27)28)14-5-7-16(29-2)8-6-14/h5-13,21,25H,4H2,1-3H3/t21-/m1/s1. The van der Waals surface area contributed by atoms with Crippen LogP contribution in [0.1, 0.15) is 24.1 Å². The van der Waals surface area contributed by atoms with Crippen LogP contribution in [-0.4, -0.2) is 37.8 Å². The van der Waals surface area contributed by atoms with Crippen molar-refractivity contribution in [3.05, 3.63) is 70.9 Å². The van der Waals surface area contributed by atoms with Crippen LogP contribution in [0.2, 0.25) is 5.15 Å². The van der Waals surface area contributed by atoms with E-state index >= 15 is 0 Å². The molecule has 0 aliphatic carbocycles. The van der Waals surface area contributed by atoms with Crippen LogP contribution < -0.4 is 14.9 Å². The fourth-order valence-electron chi connectivity index (χ4n) is 3.50. The van der Waals surface area contributed by atoms with Gasteiger partial charge >= 0.3 is 0 Å². The molecular weight excluding hydrogens is 438 g/mol. The van der Waals surface area contributed by atoms with Gasteiger partial charge in [0.1, 0.15) is 16.7 Å². The zero-order chi connectivity index (χ0) is 22.2. The van der Waals surface area contributed by atoms with Gasteiger partial charge in [0.25, 0.3) is 0 Å². The topological polar surface area (TPSA) is 80.8 Å². The predicted octanol–water partition coefficient (Wildman–Crippen LogP) is 4.16. The summed E-state index contributed by atoms with van der Waals surface area (Å²) in [6, 6.07) is 14.1. The number of sulfonamides is 1. The van der Waals surface area contributed by atoms with Crippen molar-refractivity contribution in [2.75, 3.05) is 20.0 Å². The maximum Gasteiger partial charge on any atom is 0.228 e. The summed E-state index contributed by atoms with van der Waals surface area (Å²) in [7, 11) is -2.01. The molecule has 0 saturated heterocycles. The van der Waals surface area contributed by atoms with Crippen molar-refractivity contribution < 1.29 is 17.9 Å². The summed E-state index contributed by atoms with van der Waals surface area (Å²) in [5.74, 6) is 1.43. The molecule has 4 rings (SSSR count). The van der Waals surface area contributed by atoms with Gasteiger partial charge in [0.2, 0.25) is 10.0 Å². The average Bonchev–Trinajstić information content (AvgIpc) is 3.19. The second-order valence-electron chi connectivity index (χ2n) is 7.08. The minimum atomic E-state index is -3.61. The van der Waals surface area contributed by atoms with Gasteiger partial charge in [-0.25, -0.2) is 13.4 Å². The molecule has 3 aromatic rings. The molecule has 0 saturated carbocycles. The molecule has 31 heavy (non-hydrogen) atoms. The van der Waals surface area contributed by atoms with Gasteiger partial charge in [-0.15, -0.1) is 4.41 Å². The van der Waals surface area contributed by atoms with E-state index in [0.717, 1.165) is 17.2 Å². The van der Waals surface area contributed by atoms with Crippen LogP contribution in [0.4, 0.5) is 0 Å². The zero-order valence-electron chi connectivity index (χ0n) is 17.3. The van der Waals surface area contributed by atoms with E-state index in [9.17, 15) is 8.42 Å². The molecule has 0 spiro atoms. The van der Waals surface area contributed by atoms with Crippen molar-refractivity contribution >= 4 is 38.2 Å². The van der Waals surface area contributed by atoms with E-state index in [4.69, 9.17) is 21.1 Å². The Hall–Kier alpha value is -2.81. The third kappa shape index (κ3) is 4.32. The lowest BCUT2D eigenvalue weighted by atomic mass is 10.0. The molecule has 1 aliphatic rings. The Morgan fingerprint density at radius 2 is 1.84 bits per heavy atom. The Balaban J connectivity index is 1.80. The number of halogens is 1. The van der Waals surface area contributed by atoms with Gasteiger partial charge in [-0.3, -0.25) is 0 Å². The Morgan fingerprint density at radius 1 is 1.13 bits per heavy atom. The van der Waals surface area contributed by atoms with Crippen LogP contribution in [0.25, 0.3) is 16.6 Å². The fraction of sp³-hybridized carbons (Fsp3) is 0.227. The molecule has 1 atom stereocenters. The lowest BCUT2D eigenvalue weighted by Gasteiger charge is -2.23. The normalized spacial score (nSPS) is 16.8. The number of benzene rings is 2. The molecule has 2 heterocycles. The molecule has 1 N–H and O–H groups in total. The van der Waals surface area contributed by atoms with Crippen molar-refractivity contribution in [3.63, 3.8) is 0 Å². The second kappa shape index (κ2) is 8.37. The Morgan fingerprint density at radius 3 is 2.48 bits per heavy atom. The molecule has 1 aliphatic heterocycles. The molecule has 0 fully saturated rings. The quantitative estimate of drug-likeness (QED) is 0.557. The first-order valence-electron chi connectivity index (χ1n) is 9.65. The first kappa shape index (κ1) is 21.4. The van der Waals surface area contributed by atoms with Crippen LogP contribution in [-0.2, 0) is 10.0 Å². The molecule has 1 aromatic heterocycles. The number of hydrogen-bond acceptors (Lipinski definition) is 6. The van der Waals surface area contributed by atoms with Crippen molar-refractivity contribution in [3.8, 4) is 11.5 Å². The minimum absolute atomic E-state index is 0.240. The van der Waals surface area contributed by atoms with E-state index in [2.05, 4.69) is 10.4 Å². The predicted molar refractivity (Wildman–Crippen MR) is 121 cm³/mol. The number of pyridine rings is 1. The van der Waals surface area contributed by atoms with E-state index in [1.165, 1.54) is 4.41 Å². The van der Waals surface area contributed by atoms with Crippen molar-refractivity contribution in [1.82, 2.24) is 14.8 Å². The SMILES string of the molecule is CCOc1ccc2nc(Cl)c([C@H]3C=C(c4ccc(OC)cc4)NN3S(C)(=O)=O)cc2c1. The maximum atomic E-state index is 12.5. The van der Waals surface area contributed by atoms with Gasteiger partial charge in [-0.1, -0.05) is 11.6 Å². The Labute approximate surface area is 186 Å². The molecule has 0 bridgehead atoms. The van der Waals surface area contributed by atoms with E-state index in [-0.39, 0.29) is 5.15 Å². The van der Waals surface area contributed by atoms with E-state index in [0.29, 0.717) is 34.9 Å². The van der Waals surface area contributed by atoms with Crippen LogP contribution >= 0.6 is 11.6 Å². The molecule has 9 heteroatoms.